The molecule has 0 aliphatic heterocycles. The Kier molecular flexibility index (Phi) is 5.46. The predicted octanol–water partition coefficient (Wildman–Crippen LogP) is 4.53. The van der Waals surface area contributed by atoms with Gasteiger partial charge in [-0.1, -0.05) is 11.6 Å². The Morgan fingerprint density at radius 1 is 1.35 bits per heavy atom. The van der Waals surface area contributed by atoms with Crippen molar-refractivity contribution in [2.45, 2.75) is 25.2 Å². The molecule has 0 saturated heterocycles. The maximum Gasteiger partial charge on any atom is 0.226 e. The SMILES string of the molecule is Cc1nc(NC(=O)CCSc2ccc(Cl)cc2)sc1C. The molecule has 20 heavy (non-hydrogen) atoms. The number of amides is 1. The molecule has 0 bridgehead atoms. The van der Waals surface area contributed by atoms with Gasteiger partial charge in [0.25, 0.3) is 0 Å². The zero-order valence-corrected chi connectivity index (χ0v) is 13.7. The lowest BCUT2D eigenvalue weighted by molar-refractivity contribution is -0.115. The lowest BCUT2D eigenvalue weighted by atomic mass is 10.4. The van der Waals surface area contributed by atoms with E-state index in [0.717, 1.165) is 26.2 Å². The van der Waals surface area contributed by atoms with Gasteiger partial charge in [-0.2, -0.15) is 0 Å². The molecular weight excluding hydrogens is 312 g/mol. The highest BCUT2D eigenvalue weighted by atomic mass is 35.5. The highest BCUT2D eigenvalue weighted by Gasteiger charge is 2.07. The van der Waals surface area contributed by atoms with Crippen molar-refractivity contribution in [1.82, 2.24) is 4.98 Å². The number of aromatic nitrogens is 1. The minimum Gasteiger partial charge on any atom is -0.302 e. The minimum atomic E-state index is 0.000198. The average Bonchev–Trinajstić information content (AvgIpc) is 2.70. The molecule has 1 heterocycles. The van der Waals surface area contributed by atoms with Crippen LogP contribution in [0.5, 0.6) is 0 Å². The van der Waals surface area contributed by atoms with Gasteiger partial charge in [0.2, 0.25) is 5.91 Å². The fourth-order valence-corrected chi connectivity index (χ4v) is 3.31. The van der Waals surface area contributed by atoms with E-state index in [4.69, 9.17) is 11.6 Å². The highest BCUT2D eigenvalue weighted by Crippen LogP contribution is 2.23. The van der Waals surface area contributed by atoms with Crippen molar-refractivity contribution in [3.8, 4) is 0 Å². The molecule has 0 atom stereocenters. The first-order valence-corrected chi connectivity index (χ1v) is 8.35. The molecule has 2 aromatic rings. The van der Waals surface area contributed by atoms with Gasteiger partial charge in [-0.3, -0.25) is 4.79 Å². The number of nitrogens with one attached hydrogen (secondary N) is 1. The maximum atomic E-state index is 11.8. The third kappa shape index (κ3) is 4.51. The lowest BCUT2D eigenvalue weighted by Gasteiger charge is -2.02. The van der Waals surface area contributed by atoms with Crippen molar-refractivity contribution in [2.24, 2.45) is 0 Å². The smallest absolute Gasteiger partial charge is 0.226 e. The highest BCUT2D eigenvalue weighted by molar-refractivity contribution is 7.99. The molecular formula is C14H15ClN2OS2. The van der Waals surface area contributed by atoms with Gasteiger partial charge < -0.3 is 5.32 Å². The fourth-order valence-electron chi connectivity index (χ4n) is 1.50. The first-order valence-electron chi connectivity index (χ1n) is 6.17. The van der Waals surface area contributed by atoms with Crippen molar-refractivity contribution < 1.29 is 4.79 Å². The van der Waals surface area contributed by atoms with Crippen LogP contribution in [0, 0.1) is 13.8 Å². The van der Waals surface area contributed by atoms with Gasteiger partial charge in [0.15, 0.2) is 5.13 Å². The summed E-state index contributed by atoms with van der Waals surface area (Å²) >= 11 is 8.97. The number of halogens is 1. The number of hydrogen-bond donors (Lipinski definition) is 1. The van der Waals surface area contributed by atoms with Gasteiger partial charge in [0.1, 0.15) is 0 Å². The second kappa shape index (κ2) is 7.11. The third-order valence-electron chi connectivity index (χ3n) is 2.69. The molecule has 0 aliphatic carbocycles. The fraction of sp³-hybridized carbons (Fsp3) is 0.286. The van der Waals surface area contributed by atoms with Crippen LogP contribution in [-0.2, 0) is 4.79 Å². The van der Waals surface area contributed by atoms with E-state index in [2.05, 4.69) is 10.3 Å². The lowest BCUT2D eigenvalue weighted by Crippen LogP contribution is -2.11. The topological polar surface area (TPSA) is 42.0 Å². The summed E-state index contributed by atoms with van der Waals surface area (Å²) in [7, 11) is 0. The first kappa shape index (κ1) is 15.4. The van der Waals surface area contributed by atoms with Gasteiger partial charge in [-0.25, -0.2) is 4.98 Å². The number of thioether (sulfide) groups is 1. The standard InChI is InChI=1S/C14H15ClN2OS2/c1-9-10(2)20-14(16-9)17-13(18)7-8-19-12-5-3-11(15)4-6-12/h3-6H,7-8H2,1-2H3,(H,16,17,18). The van der Waals surface area contributed by atoms with Gasteiger partial charge in [-0.05, 0) is 38.1 Å². The predicted molar refractivity (Wildman–Crippen MR) is 87.0 cm³/mol. The molecule has 106 valence electrons. The zero-order chi connectivity index (χ0) is 14.5. The number of hydrogen-bond acceptors (Lipinski definition) is 4. The minimum absolute atomic E-state index is 0.000198. The summed E-state index contributed by atoms with van der Waals surface area (Å²) in [6, 6.07) is 7.62. The monoisotopic (exact) mass is 326 g/mol. The van der Waals surface area contributed by atoms with Crippen molar-refractivity contribution >= 4 is 45.7 Å². The maximum absolute atomic E-state index is 11.8. The van der Waals surface area contributed by atoms with Gasteiger partial charge in [0, 0.05) is 27.0 Å². The normalized spacial score (nSPS) is 10.6. The molecule has 6 heteroatoms. The van der Waals surface area contributed by atoms with Crippen LogP contribution >= 0.6 is 34.7 Å². The second-order valence-electron chi connectivity index (χ2n) is 4.26. The van der Waals surface area contributed by atoms with E-state index in [9.17, 15) is 4.79 Å². The molecule has 0 fully saturated rings. The van der Waals surface area contributed by atoms with Crippen LogP contribution in [0.1, 0.15) is 17.0 Å². The van der Waals surface area contributed by atoms with Crippen LogP contribution in [0.3, 0.4) is 0 Å². The molecule has 0 radical (unpaired) electrons. The number of nitrogens with zero attached hydrogens (tertiary/aromatic N) is 1. The zero-order valence-electron chi connectivity index (χ0n) is 11.3. The summed E-state index contributed by atoms with van der Waals surface area (Å²) in [6.07, 6.45) is 0.463. The number of rotatable bonds is 5. The number of carbonyl (C=O) groups is 1. The molecule has 0 spiro atoms. The van der Waals surface area contributed by atoms with Crippen molar-refractivity contribution in [3.63, 3.8) is 0 Å². The molecule has 1 N–H and O–H groups in total. The number of anilines is 1. The Labute approximate surface area is 131 Å². The molecule has 0 saturated carbocycles. The average molecular weight is 327 g/mol. The quantitative estimate of drug-likeness (QED) is 0.820. The molecule has 1 amide bonds. The Bertz CT molecular complexity index is 576. The molecule has 0 aliphatic rings. The summed E-state index contributed by atoms with van der Waals surface area (Å²) in [6.45, 7) is 3.94. The van der Waals surface area contributed by atoms with Gasteiger partial charge >= 0.3 is 0 Å². The number of benzene rings is 1. The van der Waals surface area contributed by atoms with E-state index >= 15 is 0 Å². The van der Waals surface area contributed by atoms with Gasteiger partial charge in [-0.15, -0.1) is 23.1 Å². The summed E-state index contributed by atoms with van der Waals surface area (Å²) in [5.41, 5.74) is 0.973. The van der Waals surface area contributed by atoms with Gasteiger partial charge in [0.05, 0.1) is 5.69 Å². The summed E-state index contributed by atoms with van der Waals surface area (Å²) in [4.78, 5) is 18.3. The van der Waals surface area contributed by atoms with E-state index in [1.807, 2.05) is 38.1 Å². The largest absolute Gasteiger partial charge is 0.302 e. The molecule has 2 rings (SSSR count). The van der Waals surface area contributed by atoms with E-state index in [1.165, 1.54) is 11.3 Å². The van der Waals surface area contributed by atoms with Crippen LogP contribution < -0.4 is 5.32 Å². The van der Waals surface area contributed by atoms with Crippen LogP contribution in [0.25, 0.3) is 0 Å². The first-order chi connectivity index (χ1) is 9.54. The second-order valence-corrected chi connectivity index (χ2v) is 7.07. The molecule has 1 aromatic carbocycles. The van der Waals surface area contributed by atoms with E-state index in [0.29, 0.717) is 11.6 Å². The Morgan fingerprint density at radius 3 is 2.65 bits per heavy atom. The summed E-state index contributed by atoms with van der Waals surface area (Å²) in [5, 5.41) is 4.24. The van der Waals surface area contributed by atoms with Crippen LogP contribution in [0.15, 0.2) is 29.2 Å². The van der Waals surface area contributed by atoms with E-state index in [1.54, 1.807) is 11.8 Å². The number of carbonyl (C=O) groups excluding carboxylic acids is 1. The van der Waals surface area contributed by atoms with Crippen LogP contribution in [-0.4, -0.2) is 16.6 Å². The van der Waals surface area contributed by atoms with Crippen LogP contribution in [0.2, 0.25) is 5.02 Å². The molecule has 1 aromatic heterocycles. The van der Waals surface area contributed by atoms with E-state index in [-0.39, 0.29) is 5.91 Å². The summed E-state index contributed by atoms with van der Waals surface area (Å²) < 4.78 is 0. The van der Waals surface area contributed by atoms with E-state index < -0.39 is 0 Å². The van der Waals surface area contributed by atoms with Crippen LogP contribution in [0.4, 0.5) is 5.13 Å². The number of thiazole rings is 1. The molecule has 3 nitrogen and oxygen atoms in total. The Morgan fingerprint density at radius 2 is 2.05 bits per heavy atom. The Balaban J connectivity index is 1.76. The number of aryl methyl sites for hydroxylation is 2. The third-order valence-corrected chi connectivity index (χ3v) is 4.94. The van der Waals surface area contributed by atoms with Crippen molar-refractivity contribution in [2.75, 3.05) is 11.1 Å². The van der Waals surface area contributed by atoms with Crippen molar-refractivity contribution in [1.29, 1.82) is 0 Å². The molecule has 0 unspecified atom stereocenters. The summed E-state index contributed by atoms with van der Waals surface area (Å²) in [5.74, 6) is 0.733. The Hall–Kier alpha value is -1.04. The van der Waals surface area contributed by atoms with Crippen molar-refractivity contribution in [3.05, 3.63) is 39.9 Å².